The van der Waals surface area contributed by atoms with Crippen LogP contribution in [0.5, 0.6) is 0 Å². The molecule has 0 aliphatic heterocycles. The Morgan fingerprint density at radius 2 is 2.14 bits per heavy atom. The van der Waals surface area contributed by atoms with Gasteiger partial charge in [0.1, 0.15) is 0 Å². The summed E-state index contributed by atoms with van der Waals surface area (Å²) in [6.45, 7) is 7.85. The Morgan fingerprint density at radius 3 is 2.77 bits per heavy atom. The summed E-state index contributed by atoms with van der Waals surface area (Å²) in [5, 5.41) is 8.95. The van der Waals surface area contributed by atoms with Crippen molar-refractivity contribution < 1.29 is 4.79 Å². The van der Waals surface area contributed by atoms with Crippen molar-refractivity contribution in [3.05, 3.63) is 48.0 Å². The molecule has 0 spiro atoms. The van der Waals surface area contributed by atoms with Gasteiger partial charge in [-0.2, -0.15) is 0 Å². The molecule has 3 N–H and O–H groups in total. The van der Waals surface area contributed by atoms with Gasteiger partial charge >= 0.3 is 0 Å². The average molecular weight is 416 g/mol. The Morgan fingerprint density at radius 1 is 1.36 bits per heavy atom. The number of halogens is 1. The molecule has 5 nitrogen and oxygen atoms in total. The van der Waals surface area contributed by atoms with Gasteiger partial charge in [0.2, 0.25) is 0 Å². The van der Waals surface area contributed by atoms with E-state index in [9.17, 15) is 4.79 Å². The second-order valence-electron chi connectivity index (χ2n) is 4.46. The van der Waals surface area contributed by atoms with Crippen LogP contribution >= 0.6 is 24.0 Å². The topological polar surface area (TPSA) is 65.5 Å². The van der Waals surface area contributed by atoms with E-state index in [0.717, 1.165) is 24.5 Å². The summed E-state index contributed by atoms with van der Waals surface area (Å²) in [6.07, 6.45) is 2.58. The highest BCUT2D eigenvalue weighted by molar-refractivity contribution is 14.0. The Balaban J connectivity index is 0.00000441. The first kappa shape index (κ1) is 20.4. The van der Waals surface area contributed by atoms with Crippen LogP contribution in [0.3, 0.4) is 0 Å². The van der Waals surface area contributed by atoms with E-state index in [2.05, 4.69) is 27.5 Å². The normalized spacial score (nSPS) is 10.4. The van der Waals surface area contributed by atoms with E-state index < -0.39 is 0 Å². The zero-order valence-corrected chi connectivity index (χ0v) is 15.5. The highest BCUT2D eigenvalue weighted by Crippen LogP contribution is 2.06. The molecule has 0 saturated carbocycles. The number of amides is 1. The summed E-state index contributed by atoms with van der Waals surface area (Å²) < 4.78 is 0. The van der Waals surface area contributed by atoms with Gasteiger partial charge in [-0.15, -0.1) is 30.6 Å². The Hall–Kier alpha value is -1.57. The largest absolute Gasteiger partial charge is 0.357 e. The van der Waals surface area contributed by atoms with Crippen molar-refractivity contribution in [1.29, 1.82) is 0 Å². The van der Waals surface area contributed by atoms with Gasteiger partial charge in [-0.3, -0.25) is 9.79 Å². The number of guanidine groups is 1. The molecule has 0 aliphatic carbocycles. The molecule has 1 amide bonds. The Kier molecular flexibility index (Phi) is 11.2. The number of hydrogen-bond donors (Lipinski definition) is 3. The minimum atomic E-state index is -0.0682. The van der Waals surface area contributed by atoms with Crippen molar-refractivity contribution >= 4 is 35.8 Å². The number of aliphatic imine (C=N–C) groups is 1. The van der Waals surface area contributed by atoms with Crippen LogP contribution in [0.25, 0.3) is 0 Å². The lowest BCUT2D eigenvalue weighted by Crippen LogP contribution is -2.37. The van der Waals surface area contributed by atoms with E-state index in [1.165, 1.54) is 0 Å². The van der Waals surface area contributed by atoms with Crippen molar-refractivity contribution in [2.75, 3.05) is 26.7 Å². The maximum absolute atomic E-state index is 11.6. The van der Waals surface area contributed by atoms with Crippen LogP contribution in [0, 0.1) is 0 Å². The SMILES string of the molecule is C=CCNC(=NCCc1cccc(C(=O)NC)c1)NCC.I. The number of nitrogens with zero attached hydrogens (tertiary/aromatic N) is 1. The summed E-state index contributed by atoms with van der Waals surface area (Å²) in [4.78, 5) is 16.1. The van der Waals surface area contributed by atoms with Crippen LogP contribution in [0.1, 0.15) is 22.8 Å². The lowest BCUT2D eigenvalue weighted by atomic mass is 10.1. The van der Waals surface area contributed by atoms with E-state index in [1.807, 2.05) is 25.1 Å². The molecule has 1 aromatic carbocycles. The first-order valence-electron chi connectivity index (χ1n) is 7.15. The summed E-state index contributed by atoms with van der Waals surface area (Å²) >= 11 is 0. The predicted molar refractivity (Wildman–Crippen MR) is 103 cm³/mol. The molecule has 0 unspecified atom stereocenters. The van der Waals surface area contributed by atoms with Gasteiger partial charge < -0.3 is 16.0 Å². The smallest absolute Gasteiger partial charge is 0.251 e. The monoisotopic (exact) mass is 416 g/mol. The average Bonchev–Trinajstić information content (AvgIpc) is 2.52. The van der Waals surface area contributed by atoms with Gasteiger partial charge in [0.25, 0.3) is 5.91 Å². The summed E-state index contributed by atoms with van der Waals surface area (Å²) in [5.41, 5.74) is 1.77. The minimum absolute atomic E-state index is 0. The second kappa shape index (κ2) is 12.0. The number of nitrogens with one attached hydrogen (secondary N) is 3. The fourth-order valence-electron chi connectivity index (χ4n) is 1.82. The molecule has 0 heterocycles. The van der Waals surface area contributed by atoms with E-state index >= 15 is 0 Å². The van der Waals surface area contributed by atoms with E-state index in [1.54, 1.807) is 19.2 Å². The fraction of sp³-hybridized carbons (Fsp3) is 0.375. The van der Waals surface area contributed by atoms with E-state index in [-0.39, 0.29) is 29.9 Å². The van der Waals surface area contributed by atoms with Gasteiger partial charge in [-0.25, -0.2) is 0 Å². The molecule has 0 bridgehead atoms. The fourth-order valence-corrected chi connectivity index (χ4v) is 1.82. The highest BCUT2D eigenvalue weighted by Gasteiger charge is 2.03. The standard InChI is InChI=1S/C16H24N4O.HI/c1-4-10-19-16(18-5-2)20-11-9-13-7-6-8-14(12-13)15(21)17-3;/h4,6-8,12H,1,5,9-11H2,2-3H3,(H,17,21)(H2,18,19,20);1H. The molecule has 0 atom stereocenters. The van der Waals surface area contributed by atoms with E-state index in [0.29, 0.717) is 18.7 Å². The van der Waals surface area contributed by atoms with Crippen LogP contribution in [-0.4, -0.2) is 38.5 Å². The van der Waals surface area contributed by atoms with Crippen LogP contribution < -0.4 is 16.0 Å². The third-order valence-corrected chi connectivity index (χ3v) is 2.84. The molecular weight excluding hydrogens is 391 g/mol. The molecule has 122 valence electrons. The molecule has 22 heavy (non-hydrogen) atoms. The summed E-state index contributed by atoms with van der Waals surface area (Å²) in [7, 11) is 1.63. The van der Waals surface area contributed by atoms with Crippen molar-refractivity contribution in [2.24, 2.45) is 4.99 Å². The number of benzene rings is 1. The number of hydrogen-bond acceptors (Lipinski definition) is 2. The Bertz CT molecular complexity index is 503. The molecule has 1 rings (SSSR count). The number of carbonyl (C=O) groups excluding carboxylic acids is 1. The van der Waals surface area contributed by atoms with Gasteiger partial charge in [-0.05, 0) is 31.0 Å². The van der Waals surface area contributed by atoms with Gasteiger partial charge in [0.05, 0.1) is 0 Å². The zero-order chi connectivity index (χ0) is 15.5. The molecule has 0 saturated heterocycles. The van der Waals surface area contributed by atoms with Crippen LogP contribution in [0.15, 0.2) is 41.9 Å². The summed E-state index contributed by atoms with van der Waals surface area (Å²) in [6, 6.07) is 7.61. The maximum Gasteiger partial charge on any atom is 0.251 e. The molecule has 0 fully saturated rings. The first-order chi connectivity index (χ1) is 10.2. The van der Waals surface area contributed by atoms with E-state index in [4.69, 9.17) is 0 Å². The number of rotatable bonds is 7. The van der Waals surface area contributed by atoms with Gasteiger partial charge in [0.15, 0.2) is 5.96 Å². The Labute approximate surface area is 149 Å². The molecule has 0 aromatic heterocycles. The quantitative estimate of drug-likeness (QED) is 0.276. The van der Waals surface area contributed by atoms with Crippen LogP contribution in [0.4, 0.5) is 0 Å². The minimum Gasteiger partial charge on any atom is -0.357 e. The van der Waals surface area contributed by atoms with Gasteiger partial charge in [-0.1, -0.05) is 18.2 Å². The summed E-state index contributed by atoms with van der Waals surface area (Å²) in [5.74, 6) is 0.709. The third-order valence-electron chi connectivity index (χ3n) is 2.84. The lowest BCUT2D eigenvalue weighted by Gasteiger charge is -2.09. The third kappa shape index (κ3) is 7.44. The zero-order valence-electron chi connectivity index (χ0n) is 13.2. The maximum atomic E-state index is 11.6. The first-order valence-corrected chi connectivity index (χ1v) is 7.15. The molecular formula is C16H25IN4O. The van der Waals surface area contributed by atoms with Crippen molar-refractivity contribution in [2.45, 2.75) is 13.3 Å². The predicted octanol–water partition coefficient (Wildman–Crippen LogP) is 1.95. The lowest BCUT2D eigenvalue weighted by molar-refractivity contribution is 0.0963. The molecule has 6 heteroatoms. The highest BCUT2D eigenvalue weighted by atomic mass is 127. The molecule has 1 aromatic rings. The van der Waals surface area contributed by atoms with Crippen molar-refractivity contribution in [1.82, 2.24) is 16.0 Å². The van der Waals surface area contributed by atoms with Crippen molar-refractivity contribution in [3.63, 3.8) is 0 Å². The van der Waals surface area contributed by atoms with Crippen LogP contribution in [-0.2, 0) is 6.42 Å². The second-order valence-corrected chi connectivity index (χ2v) is 4.46. The number of carbonyl (C=O) groups is 1. The van der Waals surface area contributed by atoms with Crippen molar-refractivity contribution in [3.8, 4) is 0 Å². The molecule has 0 aliphatic rings. The van der Waals surface area contributed by atoms with Gasteiger partial charge in [0, 0.05) is 32.2 Å². The van der Waals surface area contributed by atoms with Crippen LogP contribution in [0.2, 0.25) is 0 Å². The molecule has 0 radical (unpaired) electrons.